The summed E-state index contributed by atoms with van der Waals surface area (Å²) in [7, 11) is 0. The predicted molar refractivity (Wildman–Crippen MR) is 302 cm³/mol. The van der Waals surface area contributed by atoms with Crippen LogP contribution in [0.25, 0.3) is 87.7 Å². The maximum Gasteiger partial charge on any atom is 0.144 e. The molecule has 2 aliphatic carbocycles. The largest absolute Gasteiger partial charge is 0.456 e. The predicted octanol–water partition coefficient (Wildman–Crippen LogP) is 19.1. The van der Waals surface area contributed by atoms with Crippen molar-refractivity contribution in [1.82, 2.24) is 0 Å². The van der Waals surface area contributed by atoms with Gasteiger partial charge in [-0.3, -0.25) is 0 Å². The average molecular weight is 931 g/mol. The Labute approximate surface area is 420 Å². The van der Waals surface area contributed by atoms with Gasteiger partial charge >= 0.3 is 0 Å². The van der Waals surface area contributed by atoms with Crippen molar-refractivity contribution < 1.29 is 8.83 Å². The maximum absolute atomic E-state index is 7.46. The van der Waals surface area contributed by atoms with Crippen molar-refractivity contribution in [1.29, 1.82) is 0 Å². The first-order valence-corrected chi connectivity index (χ1v) is 25.1. The van der Waals surface area contributed by atoms with Gasteiger partial charge in [0, 0.05) is 60.9 Å². The zero-order valence-corrected chi connectivity index (χ0v) is 39.5. The van der Waals surface area contributed by atoms with Crippen molar-refractivity contribution in [3.05, 3.63) is 277 Å². The normalized spacial score (nSPS) is 13.0. The van der Waals surface area contributed by atoms with Crippen molar-refractivity contribution in [2.45, 2.75) is 5.41 Å². The molecule has 0 unspecified atom stereocenters. The van der Waals surface area contributed by atoms with Gasteiger partial charge in [0.2, 0.25) is 0 Å². The Balaban J connectivity index is 1.13. The van der Waals surface area contributed by atoms with Crippen LogP contribution in [0.4, 0.5) is 34.1 Å². The molecule has 4 heteroatoms. The summed E-state index contributed by atoms with van der Waals surface area (Å²) in [5.41, 5.74) is 18.9. The molecular weight excluding hydrogens is 889 g/mol. The Bertz CT molecular complexity index is 4430. The first-order valence-electron chi connectivity index (χ1n) is 25.1. The standard InChI is InChI=1S/C69H42N2O2/c1-5-21-43(22-6-1)70(44-23-7-2-8-24-44)47-37-38-51-55(39-47)64-52-32-16-20-36-62(52)73-68(64)66-65-56-41-63-54(50-31-15-19-35-61(50)72-63)40-53(56)60(71(45-25-9-3-10-26-45)46-27-11-4-12-28-46)42-59(65)69(67(51)66)57-33-17-13-29-48(57)49-30-14-18-34-58(49)69/h1-42H. The summed E-state index contributed by atoms with van der Waals surface area (Å²) >= 11 is 0. The minimum Gasteiger partial charge on any atom is -0.456 e. The fourth-order valence-corrected chi connectivity index (χ4v) is 12.9. The summed E-state index contributed by atoms with van der Waals surface area (Å²) in [4.78, 5) is 4.81. The number of rotatable bonds is 6. The quantitative estimate of drug-likeness (QED) is 0.166. The number of nitrogens with zero attached hydrogens (tertiary/aromatic N) is 2. The molecule has 73 heavy (non-hydrogen) atoms. The fraction of sp³-hybridized carbons (Fsp3) is 0.0145. The van der Waals surface area contributed by atoms with Crippen molar-refractivity contribution in [3.63, 3.8) is 0 Å². The van der Waals surface area contributed by atoms with E-state index in [0.717, 1.165) is 105 Å². The van der Waals surface area contributed by atoms with E-state index in [9.17, 15) is 0 Å². The second-order valence-electron chi connectivity index (χ2n) is 19.4. The molecule has 4 nitrogen and oxygen atoms in total. The van der Waals surface area contributed by atoms with Gasteiger partial charge in [0.1, 0.15) is 22.3 Å². The number of hydrogen-bond donors (Lipinski definition) is 0. The number of benzene rings is 12. The van der Waals surface area contributed by atoms with Crippen molar-refractivity contribution in [3.8, 4) is 22.3 Å². The van der Waals surface area contributed by atoms with Gasteiger partial charge < -0.3 is 18.6 Å². The first-order chi connectivity index (χ1) is 36.2. The number of hydrogen-bond acceptors (Lipinski definition) is 4. The Hall–Kier alpha value is -9.64. The van der Waals surface area contributed by atoms with Crippen LogP contribution in [-0.4, -0.2) is 0 Å². The van der Waals surface area contributed by atoms with Gasteiger partial charge in [-0.1, -0.05) is 164 Å². The van der Waals surface area contributed by atoms with E-state index in [1.54, 1.807) is 0 Å². The topological polar surface area (TPSA) is 32.8 Å². The van der Waals surface area contributed by atoms with Crippen LogP contribution in [0.5, 0.6) is 0 Å². The summed E-state index contributed by atoms with van der Waals surface area (Å²) in [6, 6.07) is 92.7. The highest BCUT2D eigenvalue weighted by Crippen LogP contribution is 2.68. The van der Waals surface area contributed by atoms with Crippen LogP contribution < -0.4 is 9.80 Å². The van der Waals surface area contributed by atoms with Gasteiger partial charge in [-0.25, -0.2) is 0 Å². The third-order valence-corrected chi connectivity index (χ3v) is 15.8. The Morgan fingerprint density at radius 1 is 0.288 bits per heavy atom. The number of anilines is 6. The lowest BCUT2D eigenvalue weighted by atomic mass is 9.69. The molecule has 2 aromatic heterocycles. The van der Waals surface area contributed by atoms with Crippen LogP contribution in [0.15, 0.2) is 264 Å². The molecule has 1 spiro atoms. The van der Waals surface area contributed by atoms with E-state index in [0.29, 0.717) is 0 Å². The minimum atomic E-state index is -0.770. The Morgan fingerprint density at radius 2 is 0.808 bits per heavy atom. The number of para-hydroxylation sites is 6. The minimum absolute atomic E-state index is 0.770. The second-order valence-corrected chi connectivity index (χ2v) is 19.4. The third kappa shape index (κ3) is 5.49. The van der Waals surface area contributed by atoms with Crippen LogP contribution in [-0.2, 0) is 5.41 Å². The summed E-state index contributed by atoms with van der Waals surface area (Å²) in [6.07, 6.45) is 0. The van der Waals surface area contributed by atoms with E-state index in [2.05, 4.69) is 265 Å². The monoisotopic (exact) mass is 930 g/mol. The molecule has 12 aromatic carbocycles. The lowest BCUT2D eigenvalue weighted by Gasteiger charge is -2.34. The van der Waals surface area contributed by atoms with Gasteiger partial charge in [-0.05, 0) is 146 Å². The number of fused-ring (bicyclic) bond motifs is 22. The van der Waals surface area contributed by atoms with Crippen LogP contribution >= 0.6 is 0 Å². The molecule has 0 N–H and O–H groups in total. The van der Waals surface area contributed by atoms with Gasteiger partial charge in [0.15, 0.2) is 0 Å². The van der Waals surface area contributed by atoms with Gasteiger partial charge in [0.05, 0.1) is 11.1 Å². The highest BCUT2D eigenvalue weighted by Gasteiger charge is 2.54. The molecule has 14 aromatic rings. The smallest absolute Gasteiger partial charge is 0.144 e. The van der Waals surface area contributed by atoms with Crippen LogP contribution in [0.2, 0.25) is 0 Å². The van der Waals surface area contributed by atoms with Gasteiger partial charge in [-0.2, -0.15) is 0 Å². The Kier molecular flexibility index (Phi) is 8.35. The number of furan rings is 2. The highest BCUT2D eigenvalue weighted by molar-refractivity contribution is 6.29. The van der Waals surface area contributed by atoms with Crippen molar-refractivity contribution in [2.75, 3.05) is 9.80 Å². The van der Waals surface area contributed by atoms with Gasteiger partial charge in [0.25, 0.3) is 0 Å². The zero-order chi connectivity index (χ0) is 47.8. The van der Waals surface area contributed by atoms with Gasteiger partial charge in [-0.15, -0.1) is 0 Å². The van der Waals surface area contributed by atoms with E-state index in [1.807, 2.05) is 0 Å². The van der Waals surface area contributed by atoms with Crippen molar-refractivity contribution in [2.24, 2.45) is 0 Å². The van der Waals surface area contributed by atoms with E-state index >= 15 is 0 Å². The van der Waals surface area contributed by atoms with E-state index in [1.165, 1.54) is 38.8 Å². The summed E-state index contributed by atoms with van der Waals surface area (Å²) in [5, 5.41) is 8.91. The second kappa shape index (κ2) is 15.2. The van der Waals surface area contributed by atoms with Crippen molar-refractivity contribution >= 4 is 99.5 Å². The first kappa shape index (κ1) is 40.1. The molecule has 340 valence electrons. The summed E-state index contributed by atoms with van der Waals surface area (Å²) < 4.78 is 14.3. The molecule has 2 aliphatic rings. The van der Waals surface area contributed by atoms with Crippen LogP contribution in [0, 0.1) is 0 Å². The lowest BCUT2D eigenvalue weighted by Crippen LogP contribution is -2.26. The van der Waals surface area contributed by atoms with E-state index in [4.69, 9.17) is 8.83 Å². The molecule has 0 radical (unpaired) electrons. The molecule has 0 bridgehead atoms. The van der Waals surface area contributed by atoms with Crippen LogP contribution in [0.1, 0.15) is 22.3 Å². The highest BCUT2D eigenvalue weighted by atomic mass is 16.3. The molecule has 0 saturated heterocycles. The molecule has 2 heterocycles. The maximum atomic E-state index is 7.46. The molecule has 16 rings (SSSR count). The Morgan fingerprint density at radius 3 is 1.42 bits per heavy atom. The van der Waals surface area contributed by atoms with E-state index in [-0.39, 0.29) is 0 Å². The lowest BCUT2D eigenvalue weighted by molar-refractivity contribution is 0.669. The molecule has 0 saturated carbocycles. The van der Waals surface area contributed by atoms with Crippen LogP contribution in [0.3, 0.4) is 0 Å². The molecule has 0 fully saturated rings. The average Bonchev–Trinajstić information content (AvgIpc) is 4.21. The third-order valence-electron chi connectivity index (χ3n) is 15.8. The molecule has 0 atom stereocenters. The molecule has 0 amide bonds. The molecule has 0 aliphatic heterocycles. The zero-order valence-electron chi connectivity index (χ0n) is 39.5. The molecular formula is C69H42N2O2. The summed E-state index contributed by atoms with van der Waals surface area (Å²) in [6.45, 7) is 0. The fourth-order valence-electron chi connectivity index (χ4n) is 12.9. The summed E-state index contributed by atoms with van der Waals surface area (Å²) in [5.74, 6) is 0. The van der Waals surface area contributed by atoms with E-state index < -0.39 is 5.41 Å². The SMILES string of the molecule is c1ccc(N(c2ccccc2)c2ccc3c4c(c5oc6ccccc6c5c3c2)-c2c(cc(N(c3ccccc3)c3ccccc3)c3cc5c(cc23)oc2ccccc25)C42c3ccccc3-c3ccccc32)cc1.